The number of ether oxygens (including phenoxy) is 1. The van der Waals surface area contributed by atoms with Gasteiger partial charge in [0.15, 0.2) is 0 Å². The molecule has 5 nitrogen and oxygen atoms in total. The number of halogens is 1. The van der Waals surface area contributed by atoms with Crippen LogP contribution in [0.1, 0.15) is 61.0 Å². The molecular formula is C18H24FNO4. The number of carbonyl (C=O) groups is 2. The average molecular weight is 337 g/mol. The molecule has 0 spiro atoms. The molecule has 1 aromatic rings. The number of amides is 1. The van der Waals surface area contributed by atoms with Crippen LogP contribution in [0.15, 0.2) is 12.1 Å². The number of carboxylic acid groups (broad SMARTS) is 1. The number of nitrogens with zero attached hydrogens (tertiary/aromatic N) is 1. The first-order valence-electron chi connectivity index (χ1n) is 8.10. The third-order valence-corrected chi connectivity index (χ3v) is 4.17. The molecule has 132 valence electrons. The number of carbonyl (C=O) groups excluding carboxylic acids is 1. The minimum absolute atomic E-state index is 0.113. The molecule has 1 saturated heterocycles. The van der Waals surface area contributed by atoms with Crippen LogP contribution in [0.3, 0.4) is 0 Å². The van der Waals surface area contributed by atoms with Crippen LogP contribution in [0.5, 0.6) is 0 Å². The first kappa shape index (κ1) is 18.2. The van der Waals surface area contributed by atoms with E-state index in [0.29, 0.717) is 25.9 Å². The van der Waals surface area contributed by atoms with E-state index in [1.165, 1.54) is 12.1 Å². The topological polar surface area (TPSA) is 66.8 Å². The van der Waals surface area contributed by atoms with E-state index in [1.807, 2.05) is 20.8 Å². The normalized spacial score (nSPS) is 16.1. The number of aryl methyl sites for hydroxylation is 1. The minimum Gasteiger partial charge on any atom is -0.478 e. The number of hydrogen-bond donors (Lipinski definition) is 1. The Labute approximate surface area is 141 Å². The second kappa shape index (κ2) is 6.79. The summed E-state index contributed by atoms with van der Waals surface area (Å²) in [4.78, 5) is 24.9. The van der Waals surface area contributed by atoms with Crippen molar-refractivity contribution >= 4 is 12.1 Å². The van der Waals surface area contributed by atoms with Crippen molar-refractivity contribution in [3.05, 3.63) is 34.6 Å². The van der Waals surface area contributed by atoms with Crippen molar-refractivity contribution < 1.29 is 23.8 Å². The molecule has 1 N–H and O–H groups in total. The maximum absolute atomic E-state index is 13.7. The molecule has 0 aliphatic carbocycles. The highest BCUT2D eigenvalue weighted by Gasteiger charge is 2.28. The van der Waals surface area contributed by atoms with Gasteiger partial charge in [-0.25, -0.2) is 14.0 Å². The van der Waals surface area contributed by atoms with Crippen LogP contribution < -0.4 is 0 Å². The Kier molecular flexibility index (Phi) is 5.16. The van der Waals surface area contributed by atoms with Crippen LogP contribution in [0.4, 0.5) is 9.18 Å². The predicted octanol–water partition coefficient (Wildman–Crippen LogP) is 3.95. The molecule has 0 bridgehead atoms. The number of carboxylic acids is 1. The molecule has 1 aliphatic rings. The van der Waals surface area contributed by atoms with E-state index in [0.717, 1.165) is 11.1 Å². The van der Waals surface area contributed by atoms with Gasteiger partial charge in [0.25, 0.3) is 0 Å². The molecule has 0 aromatic heterocycles. The molecule has 1 aromatic carbocycles. The first-order chi connectivity index (χ1) is 11.1. The third-order valence-electron chi connectivity index (χ3n) is 4.17. The van der Waals surface area contributed by atoms with Gasteiger partial charge in [0, 0.05) is 13.1 Å². The van der Waals surface area contributed by atoms with Gasteiger partial charge in [0.05, 0.1) is 5.56 Å². The van der Waals surface area contributed by atoms with Crippen LogP contribution >= 0.6 is 0 Å². The molecular weight excluding hydrogens is 313 g/mol. The molecule has 1 aliphatic heterocycles. The summed E-state index contributed by atoms with van der Waals surface area (Å²) in [5.41, 5.74) is 0.758. The fourth-order valence-corrected chi connectivity index (χ4v) is 2.99. The molecule has 0 atom stereocenters. The first-order valence-corrected chi connectivity index (χ1v) is 8.10. The van der Waals surface area contributed by atoms with E-state index in [4.69, 9.17) is 9.84 Å². The van der Waals surface area contributed by atoms with Crippen LogP contribution in [0.25, 0.3) is 0 Å². The molecule has 2 rings (SSSR count). The lowest BCUT2D eigenvalue weighted by molar-refractivity contribution is 0.0204. The fourth-order valence-electron chi connectivity index (χ4n) is 2.99. The van der Waals surface area contributed by atoms with Gasteiger partial charge in [-0.15, -0.1) is 0 Å². The monoisotopic (exact) mass is 337 g/mol. The summed E-state index contributed by atoms with van der Waals surface area (Å²) in [6.45, 7) is 8.34. The second-order valence-corrected chi connectivity index (χ2v) is 7.24. The van der Waals surface area contributed by atoms with Crippen molar-refractivity contribution in [3.63, 3.8) is 0 Å². The number of likely N-dealkylation sites (tertiary alicyclic amines) is 1. The SMILES string of the molecule is Cc1cc(F)c(C(=O)O)cc1C1CCN(C(=O)OC(C)(C)C)CC1. The summed E-state index contributed by atoms with van der Waals surface area (Å²) in [7, 11) is 0. The minimum atomic E-state index is -1.26. The molecule has 6 heteroatoms. The van der Waals surface area contributed by atoms with E-state index in [2.05, 4.69) is 0 Å². The zero-order valence-corrected chi connectivity index (χ0v) is 14.6. The number of piperidine rings is 1. The highest BCUT2D eigenvalue weighted by Crippen LogP contribution is 2.32. The molecule has 0 saturated carbocycles. The number of aromatic carboxylic acids is 1. The van der Waals surface area contributed by atoms with Gasteiger partial charge < -0.3 is 14.7 Å². The van der Waals surface area contributed by atoms with E-state index < -0.39 is 17.4 Å². The van der Waals surface area contributed by atoms with Crippen molar-refractivity contribution in [1.82, 2.24) is 4.90 Å². The van der Waals surface area contributed by atoms with Crippen molar-refractivity contribution in [2.45, 2.75) is 52.1 Å². The highest BCUT2D eigenvalue weighted by molar-refractivity contribution is 5.88. The van der Waals surface area contributed by atoms with Gasteiger partial charge in [-0.3, -0.25) is 0 Å². The average Bonchev–Trinajstić information content (AvgIpc) is 2.45. The quantitative estimate of drug-likeness (QED) is 0.887. The maximum atomic E-state index is 13.7. The Balaban J connectivity index is 2.09. The summed E-state index contributed by atoms with van der Waals surface area (Å²) in [6.07, 6.45) is 1.07. The van der Waals surface area contributed by atoms with Gasteiger partial charge in [-0.1, -0.05) is 0 Å². The van der Waals surface area contributed by atoms with Crippen molar-refractivity contribution in [2.24, 2.45) is 0 Å². The summed E-state index contributed by atoms with van der Waals surface area (Å²) >= 11 is 0. The Morgan fingerprint density at radius 2 is 1.83 bits per heavy atom. The zero-order chi connectivity index (χ0) is 18.1. The Morgan fingerprint density at radius 1 is 1.25 bits per heavy atom. The van der Waals surface area contributed by atoms with Gasteiger partial charge >= 0.3 is 12.1 Å². The van der Waals surface area contributed by atoms with Gasteiger partial charge in [0.1, 0.15) is 11.4 Å². The molecule has 0 radical (unpaired) electrons. The number of hydrogen-bond acceptors (Lipinski definition) is 3. The molecule has 24 heavy (non-hydrogen) atoms. The van der Waals surface area contributed by atoms with Crippen molar-refractivity contribution in [3.8, 4) is 0 Å². The number of benzene rings is 1. The van der Waals surface area contributed by atoms with E-state index in [-0.39, 0.29) is 17.6 Å². The Morgan fingerprint density at radius 3 is 2.33 bits per heavy atom. The van der Waals surface area contributed by atoms with Gasteiger partial charge in [0.2, 0.25) is 0 Å². The summed E-state index contributed by atoms with van der Waals surface area (Å²) in [5.74, 6) is -1.86. The number of rotatable bonds is 2. The Bertz CT molecular complexity index is 643. The van der Waals surface area contributed by atoms with Crippen molar-refractivity contribution in [2.75, 3.05) is 13.1 Å². The fraction of sp³-hybridized carbons (Fsp3) is 0.556. The van der Waals surface area contributed by atoms with E-state index in [9.17, 15) is 14.0 Å². The smallest absolute Gasteiger partial charge is 0.410 e. The lowest BCUT2D eigenvalue weighted by atomic mass is 9.86. The van der Waals surface area contributed by atoms with Gasteiger partial charge in [-0.2, -0.15) is 0 Å². The summed E-state index contributed by atoms with van der Waals surface area (Å²) in [5, 5.41) is 9.09. The summed E-state index contributed by atoms with van der Waals surface area (Å²) < 4.78 is 19.1. The second-order valence-electron chi connectivity index (χ2n) is 7.24. The van der Waals surface area contributed by atoms with Crippen LogP contribution in [0.2, 0.25) is 0 Å². The van der Waals surface area contributed by atoms with E-state index >= 15 is 0 Å². The molecule has 1 heterocycles. The summed E-state index contributed by atoms with van der Waals surface area (Å²) in [6, 6.07) is 2.71. The van der Waals surface area contributed by atoms with Crippen LogP contribution in [-0.4, -0.2) is 40.8 Å². The maximum Gasteiger partial charge on any atom is 0.410 e. The zero-order valence-electron chi connectivity index (χ0n) is 14.6. The third kappa shape index (κ3) is 4.24. The highest BCUT2D eigenvalue weighted by atomic mass is 19.1. The largest absolute Gasteiger partial charge is 0.478 e. The van der Waals surface area contributed by atoms with Crippen LogP contribution in [-0.2, 0) is 4.74 Å². The van der Waals surface area contributed by atoms with Crippen molar-refractivity contribution in [1.29, 1.82) is 0 Å². The van der Waals surface area contributed by atoms with E-state index in [1.54, 1.807) is 11.8 Å². The predicted molar refractivity (Wildman–Crippen MR) is 87.9 cm³/mol. The van der Waals surface area contributed by atoms with Gasteiger partial charge in [-0.05, 0) is 69.7 Å². The lowest BCUT2D eigenvalue weighted by Gasteiger charge is -2.34. The molecule has 1 fully saturated rings. The van der Waals surface area contributed by atoms with Crippen LogP contribution in [0, 0.1) is 12.7 Å². The Hall–Kier alpha value is -2.11. The molecule has 1 amide bonds. The lowest BCUT2D eigenvalue weighted by Crippen LogP contribution is -2.41. The molecule has 0 unspecified atom stereocenters. The standard InChI is InChI=1S/C18H24FNO4/c1-11-9-15(19)14(16(21)22)10-13(11)12-5-7-20(8-6-12)17(23)24-18(2,3)4/h9-10,12H,5-8H2,1-4H3,(H,21,22).